The Hall–Kier alpha value is -2.48. The van der Waals surface area contributed by atoms with Gasteiger partial charge in [0.25, 0.3) is 0 Å². The molecule has 0 saturated carbocycles. The molecule has 1 aromatic rings. The summed E-state index contributed by atoms with van der Waals surface area (Å²) in [5, 5.41) is 18.3. The Kier molecular flexibility index (Phi) is 5.73. The quantitative estimate of drug-likeness (QED) is 0.719. The van der Waals surface area contributed by atoms with E-state index in [2.05, 4.69) is 0 Å². The Morgan fingerprint density at radius 2 is 1.88 bits per heavy atom. The SMILES string of the molecule is CC(C)(C)OC(=O)N1CCCN(c2ccc(NO)c(C(=O)O)c2)CC1. The molecule has 0 atom stereocenters. The Morgan fingerprint density at radius 3 is 2.48 bits per heavy atom. The number of carbonyl (C=O) groups excluding carboxylic acids is 1. The van der Waals surface area contributed by atoms with Crippen molar-refractivity contribution in [3.05, 3.63) is 23.8 Å². The van der Waals surface area contributed by atoms with Crippen molar-refractivity contribution in [2.75, 3.05) is 36.6 Å². The van der Waals surface area contributed by atoms with Crippen LogP contribution in [-0.4, -0.2) is 59.1 Å². The van der Waals surface area contributed by atoms with Crippen molar-refractivity contribution in [2.45, 2.75) is 32.8 Å². The number of nitrogens with zero attached hydrogens (tertiary/aromatic N) is 2. The molecule has 1 heterocycles. The molecule has 2 rings (SSSR count). The standard InChI is InChI=1S/C17H25N3O5/c1-17(2,3)25-16(23)20-8-4-7-19(9-10-20)12-5-6-14(18-24)13(11-12)15(21)22/h5-6,11,18,24H,4,7-10H2,1-3H3,(H,21,22). The van der Waals surface area contributed by atoms with Crippen molar-refractivity contribution in [3.63, 3.8) is 0 Å². The smallest absolute Gasteiger partial charge is 0.410 e. The van der Waals surface area contributed by atoms with Crippen molar-refractivity contribution in [1.29, 1.82) is 0 Å². The fraction of sp³-hybridized carbons (Fsp3) is 0.529. The monoisotopic (exact) mass is 351 g/mol. The predicted octanol–water partition coefficient (Wildman–Crippen LogP) is 2.63. The number of anilines is 2. The lowest BCUT2D eigenvalue weighted by Crippen LogP contribution is -2.39. The number of carbonyl (C=O) groups is 2. The number of aromatic carboxylic acids is 1. The fourth-order valence-corrected chi connectivity index (χ4v) is 2.69. The first kappa shape index (κ1) is 18.9. The normalized spacial score (nSPS) is 15.5. The molecule has 1 saturated heterocycles. The maximum absolute atomic E-state index is 12.2. The molecule has 1 aromatic carbocycles. The summed E-state index contributed by atoms with van der Waals surface area (Å²) in [7, 11) is 0. The lowest BCUT2D eigenvalue weighted by Gasteiger charge is -2.27. The lowest BCUT2D eigenvalue weighted by molar-refractivity contribution is 0.0263. The summed E-state index contributed by atoms with van der Waals surface area (Å²) in [6.07, 6.45) is 0.419. The average molecular weight is 351 g/mol. The van der Waals surface area contributed by atoms with Crippen LogP contribution >= 0.6 is 0 Å². The van der Waals surface area contributed by atoms with Gasteiger partial charge >= 0.3 is 12.1 Å². The van der Waals surface area contributed by atoms with Crippen LogP contribution in [0, 0.1) is 0 Å². The van der Waals surface area contributed by atoms with E-state index >= 15 is 0 Å². The van der Waals surface area contributed by atoms with Gasteiger partial charge in [0.15, 0.2) is 0 Å². The molecule has 8 heteroatoms. The molecule has 138 valence electrons. The van der Waals surface area contributed by atoms with E-state index in [1.165, 1.54) is 12.1 Å². The highest BCUT2D eigenvalue weighted by Crippen LogP contribution is 2.24. The number of hydrogen-bond acceptors (Lipinski definition) is 6. The minimum atomic E-state index is -1.12. The van der Waals surface area contributed by atoms with Crippen LogP contribution in [0.5, 0.6) is 0 Å². The second kappa shape index (κ2) is 7.60. The molecule has 3 N–H and O–H groups in total. The summed E-state index contributed by atoms with van der Waals surface area (Å²) in [4.78, 5) is 27.2. The van der Waals surface area contributed by atoms with Gasteiger partial charge in [-0.1, -0.05) is 0 Å². The van der Waals surface area contributed by atoms with Gasteiger partial charge < -0.3 is 19.6 Å². The molecule has 1 aliphatic rings. The zero-order valence-electron chi connectivity index (χ0n) is 14.8. The Morgan fingerprint density at radius 1 is 1.16 bits per heavy atom. The zero-order valence-corrected chi connectivity index (χ0v) is 14.8. The van der Waals surface area contributed by atoms with E-state index in [0.717, 1.165) is 12.1 Å². The molecule has 0 unspecified atom stereocenters. The maximum Gasteiger partial charge on any atom is 0.410 e. The van der Waals surface area contributed by atoms with Crippen molar-refractivity contribution in [1.82, 2.24) is 4.90 Å². The maximum atomic E-state index is 12.2. The van der Waals surface area contributed by atoms with Crippen LogP contribution in [0.1, 0.15) is 37.6 Å². The van der Waals surface area contributed by atoms with Gasteiger partial charge in [-0.2, -0.15) is 0 Å². The largest absolute Gasteiger partial charge is 0.478 e. The fourth-order valence-electron chi connectivity index (χ4n) is 2.69. The van der Waals surface area contributed by atoms with Gasteiger partial charge in [-0.3, -0.25) is 10.7 Å². The summed E-state index contributed by atoms with van der Waals surface area (Å²) in [6.45, 7) is 7.86. The van der Waals surface area contributed by atoms with E-state index in [0.29, 0.717) is 26.2 Å². The van der Waals surface area contributed by atoms with Gasteiger partial charge in [0.05, 0.1) is 11.3 Å². The number of nitrogens with one attached hydrogen (secondary N) is 1. The average Bonchev–Trinajstić information content (AvgIpc) is 2.78. The van der Waals surface area contributed by atoms with Crippen LogP contribution in [0.15, 0.2) is 18.2 Å². The Bertz CT molecular complexity index is 642. The molecule has 0 bridgehead atoms. The molecule has 0 spiro atoms. The van der Waals surface area contributed by atoms with Crippen molar-refractivity contribution < 1.29 is 24.6 Å². The summed E-state index contributed by atoms with van der Waals surface area (Å²) in [5.41, 5.74) is 2.23. The Labute approximate surface area is 146 Å². The van der Waals surface area contributed by atoms with Gasteiger partial charge in [0, 0.05) is 31.9 Å². The third-order valence-electron chi connectivity index (χ3n) is 3.87. The lowest BCUT2D eigenvalue weighted by atomic mass is 10.1. The molecule has 1 aliphatic heterocycles. The van der Waals surface area contributed by atoms with Crippen molar-refractivity contribution in [3.8, 4) is 0 Å². The van der Waals surface area contributed by atoms with Crippen LogP contribution in [0.25, 0.3) is 0 Å². The predicted molar refractivity (Wildman–Crippen MR) is 93.4 cm³/mol. The van der Waals surface area contributed by atoms with E-state index in [1.54, 1.807) is 11.0 Å². The summed E-state index contributed by atoms with van der Waals surface area (Å²) >= 11 is 0. The number of carboxylic acids is 1. The van der Waals surface area contributed by atoms with Gasteiger partial charge in [-0.25, -0.2) is 9.59 Å². The van der Waals surface area contributed by atoms with Gasteiger partial charge in [-0.05, 0) is 45.4 Å². The second-order valence-corrected chi connectivity index (χ2v) is 6.95. The number of rotatable bonds is 3. The van der Waals surface area contributed by atoms with E-state index in [9.17, 15) is 14.7 Å². The molecular weight excluding hydrogens is 326 g/mol. The number of benzene rings is 1. The highest BCUT2D eigenvalue weighted by atomic mass is 16.6. The molecule has 1 amide bonds. The van der Waals surface area contributed by atoms with Gasteiger partial charge in [0.2, 0.25) is 0 Å². The summed E-state index contributed by atoms with van der Waals surface area (Å²) in [6, 6.07) is 4.79. The summed E-state index contributed by atoms with van der Waals surface area (Å²) < 4.78 is 5.41. The van der Waals surface area contributed by atoms with Crippen LogP contribution in [0.3, 0.4) is 0 Å². The van der Waals surface area contributed by atoms with Crippen molar-refractivity contribution >= 4 is 23.4 Å². The van der Waals surface area contributed by atoms with E-state index in [-0.39, 0.29) is 17.3 Å². The number of amides is 1. The summed E-state index contributed by atoms with van der Waals surface area (Å²) in [5.74, 6) is -1.12. The number of hydrogen-bond donors (Lipinski definition) is 3. The van der Waals surface area contributed by atoms with Crippen LogP contribution in [-0.2, 0) is 4.74 Å². The molecule has 0 aromatic heterocycles. The van der Waals surface area contributed by atoms with E-state index in [1.807, 2.05) is 31.2 Å². The minimum Gasteiger partial charge on any atom is -0.478 e. The molecule has 0 radical (unpaired) electrons. The first-order valence-electron chi connectivity index (χ1n) is 8.21. The highest BCUT2D eigenvalue weighted by Gasteiger charge is 2.25. The van der Waals surface area contributed by atoms with Gasteiger partial charge in [-0.15, -0.1) is 0 Å². The van der Waals surface area contributed by atoms with Crippen LogP contribution in [0.2, 0.25) is 0 Å². The van der Waals surface area contributed by atoms with E-state index < -0.39 is 11.6 Å². The number of ether oxygens (including phenoxy) is 1. The Balaban J connectivity index is 2.09. The highest BCUT2D eigenvalue weighted by molar-refractivity contribution is 5.95. The third kappa shape index (κ3) is 4.99. The van der Waals surface area contributed by atoms with Crippen LogP contribution in [0.4, 0.5) is 16.2 Å². The minimum absolute atomic E-state index is 0.00625. The van der Waals surface area contributed by atoms with Crippen molar-refractivity contribution in [2.24, 2.45) is 0 Å². The number of carboxylic acid groups (broad SMARTS) is 1. The zero-order chi connectivity index (χ0) is 18.6. The van der Waals surface area contributed by atoms with Gasteiger partial charge in [0.1, 0.15) is 5.60 Å². The molecular formula is C17H25N3O5. The third-order valence-corrected chi connectivity index (χ3v) is 3.87. The molecule has 1 fully saturated rings. The van der Waals surface area contributed by atoms with Crippen LogP contribution < -0.4 is 10.4 Å². The first-order valence-corrected chi connectivity index (χ1v) is 8.21. The molecule has 8 nitrogen and oxygen atoms in total. The van der Waals surface area contributed by atoms with E-state index in [4.69, 9.17) is 9.94 Å². The topological polar surface area (TPSA) is 102 Å². The first-order chi connectivity index (χ1) is 11.7. The second-order valence-electron chi connectivity index (χ2n) is 6.95. The molecule has 0 aliphatic carbocycles. The molecule has 25 heavy (non-hydrogen) atoms.